The summed E-state index contributed by atoms with van der Waals surface area (Å²) in [5.41, 5.74) is 1.28. The smallest absolute Gasteiger partial charge is 0.345 e. The maximum absolute atomic E-state index is 13.4. The number of thiophene rings is 1. The summed E-state index contributed by atoms with van der Waals surface area (Å²) in [5.74, 6) is -1.22. The van der Waals surface area contributed by atoms with Crippen LogP contribution < -0.4 is 0 Å². The Morgan fingerprint density at radius 1 is 1.30 bits per heavy atom. The Balaban J connectivity index is 1.52. The number of aryl methyl sites for hydroxylation is 2. The SMILES string of the molecule is Cc1cc(CC(=O)/C=C/C2CCC(=O)N2CCCc2ccc(C(=O)O)s2)ccc1F. The van der Waals surface area contributed by atoms with Crippen molar-refractivity contribution in [3.8, 4) is 0 Å². The highest BCUT2D eigenvalue weighted by Crippen LogP contribution is 2.22. The predicted octanol–water partition coefficient (Wildman–Crippen LogP) is 4.19. The minimum Gasteiger partial charge on any atom is -0.477 e. The topological polar surface area (TPSA) is 74.7 Å². The number of halogens is 1. The molecule has 1 atom stereocenters. The molecule has 1 aliphatic rings. The molecule has 1 amide bonds. The van der Waals surface area contributed by atoms with Crippen molar-refractivity contribution in [2.75, 3.05) is 6.54 Å². The molecule has 1 aromatic carbocycles. The summed E-state index contributed by atoms with van der Waals surface area (Å²) in [6, 6.07) is 7.96. The molecule has 2 heterocycles. The molecule has 1 N–H and O–H groups in total. The van der Waals surface area contributed by atoms with Gasteiger partial charge in [-0.2, -0.15) is 0 Å². The lowest BCUT2D eigenvalue weighted by Crippen LogP contribution is -2.33. The zero-order valence-corrected chi connectivity index (χ0v) is 17.6. The monoisotopic (exact) mass is 429 g/mol. The number of rotatable bonds is 9. The summed E-state index contributed by atoms with van der Waals surface area (Å²) in [7, 11) is 0. The first-order valence-corrected chi connectivity index (χ1v) is 10.7. The third kappa shape index (κ3) is 5.63. The van der Waals surface area contributed by atoms with Crippen LogP contribution in [0.4, 0.5) is 4.39 Å². The summed E-state index contributed by atoms with van der Waals surface area (Å²) in [4.78, 5) is 38.6. The van der Waals surface area contributed by atoms with E-state index in [4.69, 9.17) is 5.11 Å². The fourth-order valence-electron chi connectivity index (χ4n) is 3.59. The zero-order chi connectivity index (χ0) is 21.7. The molecule has 2 aromatic rings. The first kappa shape index (κ1) is 21.9. The molecular weight excluding hydrogens is 405 g/mol. The molecule has 5 nitrogen and oxygen atoms in total. The van der Waals surface area contributed by atoms with Crippen LogP contribution in [-0.2, 0) is 22.4 Å². The Kier molecular flexibility index (Phi) is 7.15. The molecule has 1 aliphatic heterocycles. The van der Waals surface area contributed by atoms with Gasteiger partial charge in [0.15, 0.2) is 5.78 Å². The third-order valence-corrected chi connectivity index (χ3v) is 6.31. The minimum atomic E-state index is -0.924. The molecule has 30 heavy (non-hydrogen) atoms. The van der Waals surface area contributed by atoms with Gasteiger partial charge in [-0.05, 0) is 61.6 Å². The molecule has 1 fully saturated rings. The van der Waals surface area contributed by atoms with Gasteiger partial charge in [-0.3, -0.25) is 9.59 Å². The Morgan fingerprint density at radius 2 is 2.10 bits per heavy atom. The molecule has 1 aromatic heterocycles. The van der Waals surface area contributed by atoms with Crippen molar-refractivity contribution in [3.63, 3.8) is 0 Å². The number of carbonyl (C=O) groups excluding carboxylic acids is 2. The van der Waals surface area contributed by atoms with Gasteiger partial charge < -0.3 is 10.0 Å². The molecule has 0 radical (unpaired) electrons. The van der Waals surface area contributed by atoms with Crippen LogP contribution in [0.3, 0.4) is 0 Å². The van der Waals surface area contributed by atoms with Crippen molar-refractivity contribution >= 4 is 29.0 Å². The molecule has 0 spiro atoms. The van der Waals surface area contributed by atoms with Crippen LogP contribution in [0.2, 0.25) is 0 Å². The van der Waals surface area contributed by atoms with Gasteiger partial charge in [0.05, 0.1) is 6.04 Å². The second kappa shape index (κ2) is 9.80. The number of aromatic carboxylic acids is 1. The highest BCUT2D eigenvalue weighted by molar-refractivity contribution is 7.13. The Bertz CT molecular complexity index is 981. The molecule has 7 heteroatoms. The van der Waals surface area contributed by atoms with E-state index in [1.54, 1.807) is 36.1 Å². The van der Waals surface area contributed by atoms with Crippen LogP contribution in [-0.4, -0.2) is 40.3 Å². The van der Waals surface area contributed by atoms with Gasteiger partial charge in [-0.15, -0.1) is 11.3 Å². The van der Waals surface area contributed by atoms with E-state index in [1.807, 2.05) is 6.07 Å². The van der Waals surface area contributed by atoms with E-state index < -0.39 is 5.97 Å². The minimum absolute atomic E-state index is 0.0728. The number of carboxylic acids is 1. The van der Waals surface area contributed by atoms with Crippen molar-refractivity contribution in [2.24, 2.45) is 0 Å². The highest BCUT2D eigenvalue weighted by Gasteiger charge is 2.28. The summed E-state index contributed by atoms with van der Waals surface area (Å²) >= 11 is 1.26. The summed E-state index contributed by atoms with van der Waals surface area (Å²) in [5, 5.41) is 8.99. The summed E-state index contributed by atoms with van der Waals surface area (Å²) in [6.45, 7) is 2.24. The van der Waals surface area contributed by atoms with Crippen LogP contribution in [0.1, 0.15) is 44.9 Å². The molecule has 1 saturated heterocycles. The van der Waals surface area contributed by atoms with Crippen molar-refractivity contribution in [1.29, 1.82) is 0 Å². The van der Waals surface area contributed by atoms with E-state index >= 15 is 0 Å². The number of carboxylic acid groups (broad SMARTS) is 1. The Hall–Kier alpha value is -2.80. The molecule has 158 valence electrons. The van der Waals surface area contributed by atoms with Crippen LogP contribution in [0.5, 0.6) is 0 Å². The average molecular weight is 430 g/mol. The first-order chi connectivity index (χ1) is 14.3. The highest BCUT2D eigenvalue weighted by atomic mass is 32.1. The zero-order valence-electron chi connectivity index (χ0n) is 16.8. The number of allylic oxidation sites excluding steroid dienone is 1. The van der Waals surface area contributed by atoms with Gasteiger partial charge in [-0.1, -0.05) is 18.2 Å². The van der Waals surface area contributed by atoms with E-state index in [2.05, 4.69) is 0 Å². The van der Waals surface area contributed by atoms with E-state index in [0.29, 0.717) is 36.2 Å². The normalized spacial score (nSPS) is 16.5. The van der Waals surface area contributed by atoms with Crippen molar-refractivity contribution in [2.45, 2.75) is 45.1 Å². The van der Waals surface area contributed by atoms with Crippen LogP contribution >= 0.6 is 11.3 Å². The molecule has 1 unspecified atom stereocenters. The second-order valence-electron chi connectivity index (χ2n) is 7.45. The van der Waals surface area contributed by atoms with Crippen molar-refractivity contribution < 1.29 is 23.9 Å². The quantitative estimate of drug-likeness (QED) is 0.607. The number of benzene rings is 1. The first-order valence-electron chi connectivity index (χ1n) is 9.91. The van der Waals surface area contributed by atoms with Gasteiger partial charge in [0, 0.05) is 24.3 Å². The molecule has 3 rings (SSSR count). The van der Waals surface area contributed by atoms with E-state index in [0.717, 1.165) is 16.9 Å². The average Bonchev–Trinajstić information content (AvgIpc) is 3.31. The van der Waals surface area contributed by atoms with Crippen molar-refractivity contribution in [1.82, 2.24) is 4.90 Å². The largest absolute Gasteiger partial charge is 0.477 e. The fraction of sp³-hybridized carbons (Fsp3) is 0.348. The Morgan fingerprint density at radius 3 is 2.80 bits per heavy atom. The fourth-order valence-corrected chi connectivity index (χ4v) is 4.48. The molecule has 0 saturated carbocycles. The standard InChI is InChI=1S/C23H24FNO4S/c1-15-13-16(4-9-20(15)24)14-18(26)7-5-17-6-11-22(27)25(17)12-2-3-19-8-10-21(30-19)23(28)29/h4-5,7-10,13,17H,2-3,6,11-12,14H2,1H3,(H,28,29)/b7-5+. The lowest BCUT2D eigenvalue weighted by atomic mass is 10.0. The number of nitrogens with zero attached hydrogens (tertiary/aromatic N) is 1. The van der Waals surface area contributed by atoms with Gasteiger partial charge in [-0.25, -0.2) is 9.18 Å². The number of hydrogen-bond acceptors (Lipinski definition) is 4. The van der Waals surface area contributed by atoms with Crippen molar-refractivity contribution in [3.05, 3.63) is 69.2 Å². The number of likely N-dealkylation sites (tertiary alicyclic amines) is 1. The number of carbonyl (C=O) groups is 3. The Labute approximate surface area is 178 Å². The molecule has 0 aliphatic carbocycles. The maximum Gasteiger partial charge on any atom is 0.345 e. The second-order valence-corrected chi connectivity index (χ2v) is 8.62. The molecule has 0 bridgehead atoms. The van der Waals surface area contributed by atoms with Crippen LogP contribution in [0.15, 0.2) is 42.5 Å². The number of hydrogen-bond donors (Lipinski definition) is 1. The van der Waals surface area contributed by atoms with E-state index in [-0.39, 0.29) is 30.0 Å². The summed E-state index contributed by atoms with van der Waals surface area (Å²) in [6.07, 6.45) is 6.09. The predicted molar refractivity (Wildman–Crippen MR) is 113 cm³/mol. The lowest BCUT2D eigenvalue weighted by Gasteiger charge is -2.22. The van der Waals surface area contributed by atoms with Gasteiger partial charge in [0.25, 0.3) is 0 Å². The number of amides is 1. The lowest BCUT2D eigenvalue weighted by molar-refractivity contribution is -0.128. The van der Waals surface area contributed by atoms with Crippen LogP contribution in [0, 0.1) is 12.7 Å². The maximum atomic E-state index is 13.4. The van der Waals surface area contributed by atoms with Gasteiger partial charge in [0.1, 0.15) is 10.7 Å². The number of ketones is 1. The third-order valence-electron chi connectivity index (χ3n) is 5.17. The van der Waals surface area contributed by atoms with E-state index in [9.17, 15) is 18.8 Å². The van der Waals surface area contributed by atoms with Crippen LogP contribution in [0.25, 0.3) is 0 Å². The van der Waals surface area contributed by atoms with E-state index in [1.165, 1.54) is 23.5 Å². The molecular formula is C23H24FNO4S. The van der Waals surface area contributed by atoms with Gasteiger partial charge in [0.2, 0.25) is 5.91 Å². The summed E-state index contributed by atoms with van der Waals surface area (Å²) < 4.78 is 13.4. The van der Waals surface area contributed by atoms with Gasteiger partial charge >= 0.3 is 5.97 Å².